The van der Waals surface area contributed by atoms with E-state index in [1.165, 1.54) is 10.4 Å². The van der Waals surface area contributed by atoms with Gasteiger partial charge in [-0.15, -0.1) is 0 Å². The third-order valence-corrected chi connectivity index (χ3v) is 11.6. The molecule has 0 amide bonds. The molecule has 3 heterocycles. The van der Waals surface area contributed by atoms with Crippen molar-refractivity contribution in [3.63, 3.8) is 0 Å². The van der Waals surface area contributed by atoms with Gasteiger partial charge in [-0.05, 0) is 68.1 Å². The molecule has 1 spiro atoms. The molecule has 0 radical (unpaired) electrons. The van der Waals surface area contributed by atoms with Gasteiger partial charge >= 0.3 is 0 Å². The van der Waals surface area contributed by atoms with E-state index < -0.39 is 26.0 Å². The number of aromatic nitrogens is 1. The molecule has 2 aliphatic heterocycles. The number of hydrogen-bond acceptors (Lipinski definition) is 9. The molecule has 2 atom stereocenters. The van der Waals surface area contributed by atoms with Crippen molar-refractivity contribution in [2.24, 2.45) is 0 Å². The van der Waals surface area contributed by atoms with E-state index in [1.807, 2.05) is 13.0 Å². The van der Waals surface area contributed by atoms with Crippen LogP contribution in [0.4, 0.5) is 0 Å². The van der Waals surface area contributed by atoms with E-state index in [0.29, 0.717) is 44.7 Å². The summed E-state index contributed by atoms with van der Waals surface area (Å²) in [5.74, 6) is 0.468. The Labute approximate surface area is 241 Å². The monoisotopic (exact) mass is 603 g/mol. The first kappa shape index (κ1) is 29.9. The average Bonchev–Trinajstić information content (AvgIpc) is 3.37. The summed E-state index contributed by atoms with van der Waals surface area (Å²) in [5.41, 5.74) is 0.369. The van der Waals surface area contributed by atoms with Crippen molar-refractivity contribution in [1.29, 1.82) is 0 Å². The van der Waals surface area contributed by atoms with E-state index >= 15 is 0 Å². The van der Waals surface area contributed by atoms with Crippen molar-refractivity contribution < 1.29 is 31.4 Å². The lowest BCUT2D eigenvalue weighted by Crippen LogP contribution is -2.47. The highest BCUT2D eigenvalue weighted by Gasteiger charge is 2.44. The van der Waals surface area contributed by atoms with Gasteiger partial charge in [0.2, 0.25) is 10.0 Å². The Balaban J connectivity index is 1.09. The summed E-state index contributed by atoms with van der Waals surface area (Å²) in [5, 5.41) is 14.6. The minimum Gasteiger partial charge on any atom is -0.491 e. The molecule has 2 aliphatic rings. The van der Waals surface area contributed by atoms with E-state index in [-0.39, 0.29) is 40.3 Å². The largest absolute Gasteiger partial charge is 0.491 e. The molecule has 3 aromatic rings. The Morgan fingerprint density at radius 2 is 1.90 bits per heavy atom. The minimum absolute atomic E-state index is 0.0145. The first-order chi connectivity index (χ1) is 19.6. The lowest BCUT2D eigenvalue weighted by Gasteiger charge is -2.38. The van der Waals surface area contributed by atoms with Crippen LogP contribution in [-0.2, 0) is 24.6 Å². The predicted octanol–water partition coefficient (Wildman–Crippen LogP) is 2.76. The summed E-state index contributed by atoms with van der Waals surface area (Å²) < 4.78 is 64.6. The number of hydrogen-bond donors (Lipinski definition) is 2. The highest BCUT2D eigenvalue weighted by Crippen LogP contribution is 2.37. The van der Waals surface area contributed by atoms with Crippen molar-refractivity contribution in [2.45, 2.75) is 60.1 Å². The molecule has 0 bridgehead atoms. The van der Waals surface area contributed by atoms with Crippen LogP contribution in [0.2, 0.25) is 0 Å². The van der Waals surface area contributed by atoms with Crippen molar-refractivity contribution in [1.82, 2.24) is 14.6 Å². The van der Waals surface area contributed by atoms with Crippen LogP contribution >= 0.6 is 0 Å². The second-order valence-electron chi connectivity index (χ2n) is 10.8. The predicted molar refractivity (Wildman–Crippen MR) is 155 cm³/mol. The number of ether oxygens (including phenoxy) is 2. The number of sulfone groups is 1. The summed E-state index contributed by atoms with van der Waals surface area (Å²) in [6.45, 7) is 3.36. The summed E-state index contributed by atoms with van der Waals surface area (Å²) in [7, 11) is -6.97. The molecule has 12 heteroatoms. The van der Waals surface area contributed by atoms with Crippen LogP contribution in [-0.4, -0.2) is 87.6 Å². The van der Waals surface area contributed by atoms with Gasteiger partial charge in [-0.2, -0.15) is 4.31 Å². The van der Waals surface area contributed by atoms with Gasteiger partial charge in [0.15, 0.2) is 9.84 Å². The molecule has 10 nitrogen and oxygen atoms in total. The van der Waals surface area contributed by atoms with Gasteiger partial charge in [0.25, 0.3) is 0 Å². The molecular weight excluding hydrogens is 566 g/mol. The van der Waals surface area contributed by atoms with Crippen LogP contribution < -0.4 is 10.1 Å². The molecule has 222 valence electrons. The van der Waals surface area contributed by atoms with Crippen molar-refractivity contribution in [3.8, 4) is 5.75 Å². The molecule has 2 fully saturated rings. The fourth-order valence-electron chi connectivity index (χ4n) is 5.52. The molecule has 0 saturated carbocycles. The number of rotatable bonds is 11. The number of nitrogens with zero attached hydrogens (tertiary/aromatic N) is 2. The lowest BCUT2D eigenvalue weighted by atomic mass is 9.88. The number of nitrogens with one attached hydrogen (secondary N) is 1. The van der Waals surface area contributed by atoms with Gasteiger partial charge in [-0.3, -0.25) is 4.98 Å². The van der Waals surface area contributed by atoms with Gasteiger partial charge in [0, 0.05) is 37.3 Å². The van der Waals surface area contributed by atoms with E-state index in [9.17, 15) is 21.9 Å². The Bertz CT molecular complexity index is 1570. The number of pyridine rings is 1. The van der Waals surface area contributed by atoms with Crippen LogP contribution in [0, 0.1) is 0 Å². The van der Waals surface area contributed by atoms with Gasteiger partial charge in [-0.1, -0.05) is 19.1 Å². The Kier molecular flexibility index (Phi) is 8.98. The zero-order valence-electron chi connectivity index (χ0n) is 23.1. The van der Waals surface area contributed by atoms with Crippen molar-refractivity contribution >= 4 is 30.8 Å². The highest BCUT2D eigenvalue weighted by atomic mass is 32.2. The second-order valence-corrected chi connectivity index (χ2v) is 14.9. The maximum absolute atomic E-state index is 13.3. The quantitative estimate of drug-likeness (QED) is 0.339. The van der Waals surface area contributed by atoms with E-state index in [2.05, 4.69) is 10.3 Å². The number of piperidine rings is 1. The Hall–Kier alpha value is -2.61. The first-order valence-electron chi connectivity index (χ1n) is 14.0. The first-order valence-corrected chi connectivity index (χ1v) is 17.1. The number of aliphatic hydroxyl groups is 1. The fraction of sp³-hybridized carbons (Fsp3) is 0.483. The molecule has 0 aliphatic carbocycles. The molecule has 1 aromatic heterocycles. The number of aliphatic hydroxyl groups excluding tert-OH is 1. The van der Waals surface area contributed by atoms with Crippen molar-refractivity contribution in [2.75, 3.05) is 38.6 Å². The van der Waals surface area contributed by atoms with Crippen LogP contribution in [0.3, 0.4) is 0 Å². The SMILES string of the molecule is CCCS(=O)(=O)c1cccc(OCC(O)CNC2COC3(CCN(S(=O)(=O)c4ccc5ncccc5c4)CC3)C2)c1. The number of benzene rings is 2. The summed E-state index contributed by atoms with van der Waals surface area (Å²) in [6.07, 6.45) is 3.35. The number of sulfonamides is 1. The Morgan fingerprint density at radius 1 is 1.10 bits per heavy atom. The fourth-order valence-corrected chi connectivity index (χ4v) is 8.35. The van der Waals surface area contributed by atoms with Crippen LogP contribution in [0.1, 0.15) is 32.6 Å². The highest BCUT2D eigenvalue weighted by molar-refractivity contribution is 7.91. The summed E-state index contributed by atoms with van der Waals surface area (Å²) in [4.78, 5) is 4.75. The maximum atomic E-state index is 13.3. The van der Waals surface area contributed by atoms with Gasteiger partial charge in [0.1, 0.15) is 18.5 Å². The summed E-state index contributed by atoms with van der Waals surface area (Å²) >= 11 is 0. The Morgan fingerprint density at radius 3 is 2.68 bits per heavy atom. The van der Waals surface area contributed by atoms with Crippen molar-refractivity contribution in [3.05, 3.63) is 60.8 Å². The van der Waals surface area contributed by atoms with Crippen LogP contribution in [0.15, 0.2) is 70.6 Å². The smallest absolute Gasteiger partial charge is 0.243 e. The molecular formula is C29H37N3O7S2. The molecule has 2 unspecified atom stereocenters. The normalized spacial score (nSPS) is 20.4. The maximum Gasteiger partial charge on any atom is 0.243 e. The molecule has 2 saturated heterocycles. The standard InChI is InChI=1S/C29H37N3O7S2/c1-2-15-40(34,35)26-7-3-6-25(17-26)38-21-24(33)19-31-23-18-29(39-20-23)10-13-32(14-11-29)41(36,37)27-8-9-28-22(16-27)5-4-12-30-28/h3-9,12,16-17,23-24,31,33H,2,10-11,13-15,18-21H2,1H3. The second kappa shape index (κ2) is 12.3. The van der Waals surface area contributed by atoms with Gasteiger partial charge in [0.05, 0.1) is 33.3 Å². The molecule has 5 rings (SSSR count). The van der Waals surface area contributed by atoms with E-state index in [0.717, 1.165) is 17.3 Å². The van der Waals surface area contributed by atoms with E-state index in [1.54, 1.807) is 48.7 Å². The van der Waals surface area contributed by atoms with Crippen LogP contribution in [0.25, 0.3) is 10.9 Å². The molecule has 41 heavy (non-hydrogen) atoms. The zero-order chi connectivity index (χ0) is 29.1. The van der Waals surface area contributed by atoms with Crippen LogP contribution in [0.5, 0.6) is 5.75 Å². The lowest BCUT2D eigenvalue weighted by molar-refractivity contribution is -0.0312. The van der Waals surface area contributed by atoms with E-state index in [4.69, 9.17) is 9.47 Å². The number of fused-ring (bicyclic) bond motifs is 1. The third-order valence-electron chi connectivity index (χ3n) is 7.78. The zero-order valence-corrected chi connectivity index (χ0v) is 24.7. The topological polar surface area (TPSA) is 135 Å². The average molecular weight is 604 g/mol. The third kappa shape index (κ3) is 6.90. The summed E-state index contributed by atoms with van der Waals surface area (Å²) in [6, 6.07) is 15.0. The van der Waals surface area contributed by atoms with Gasteiger partial charge < -0.3 is 19.9 Å². The van der Waals surface area contributed by atoms with Gasteiger partial charge in [-0.25, -0.2) is 16.8 Å². The minimum atomic E-state index is -3.62. The molecule has 2 N–H and O–H groups in total. The molecule has 2 aromatic carbocycles.